The number of ether oxygens (including phenoxy) is 1. The van der Waals surface area contributed by atoms with Gasteiger partial charge in [-0.1, -0.05) is 6.92 Å². The first-order chi connectivity index (χ1) is 9.77. The molecule has 0 aliphatic rings. The van der Waals surface area contributed by atoms with E-state index in [4.69, 9.17) is 10.5 Å². The Morgan fingerprint density at radius 3 is 2.67 bits per heavy atom. The Balaban J connectivity index is 2.89. The van der Waals surface area contributed by atoms with Crippen LogP contribution in [-0.4, -0.2) is 24.0 Å². The van der Waals surface area contributed by atoms with Crippen LogP contribution in [-0.2, 0) is 4.79 Å². The summed E-state index contributed by atoms with van der Waals surface area (Å²) in [5.41, 5.74) is 5.14. The van der Waals surface area contributed by atoms with Gasteiger partial charge in [0.25, 0.3) is 0 Å². The molecule has 1 amide bonds. The molecule has 1 rings (SSSR count). The Labute approximate surface area is 123 Å². The molecule has 1 aromatic carbocycles. The molecule has 0 saturated carbocycles. The fourth-order valence-electron chi connectivity index (χ4n) is 1.51. The van der Waals surface area contributed by atoms with Crippen LogP contribution in [0.3, 0.4) is 0 Å². The second-order valence-corrected chi connectivity index (χ2v) is 5.39. The van der Waals surface area contributed by atoms with Gasteiger partial charge >= 0.3 is 5.69 Å². The monoisotopic (exact) mass is 295 g/mol. The summed E-state index contributed by atoms with van der Waals surface area (Å²) in [6.45, 7) is 6.10. The third kappa shape index (κ3) is 4.62. The molecule has 1 aromatic rings. The van der Waals surface area contributed by atoms with Crippen molar-refractivity contribution in [1.29, 1.82) is 0 Å². The topological polar surface area (TPSA) is 107 Å². The molecule has 0 atom stereocenters. The number of rotatable bonds is 8. The van der Waals surface area contributed by atoms with Crippen LogP contribution < -0.4 is 15.8 Å². The minimum absolute atomic E-state index is 0.0804. The number of carbonyl (C=O) groups excluding carboxylic acids is 1. The number of hydrogen-bond donors (Lipinski definition) is 2. The van der Waals surface area contributed by atoms with E-state index in [0.29, 0.717) is 18.8 Å². The van der Waals surface area contributed by atoms with Crippen molar-refractivity contribution in [2.75, 3.05) is 18.5 Å². The zero-order valence-electron chi connectivity index (χ0n) is 12.5. The van der Waals surface area contributed by atoms with E-state index in [1.54, 1.807) is 26.0 Å². The minimum atomic E-state index is -0.716. The molecule has 0 heterocycles. The maximum atomic E-state index is 11.3. The van der Waals surface area contributed by atoms with Gasteiger partial charge in [0.05, 0.1) is 16.9 Å². The van der Waals surface area contributed by atoms with Crippen molar-refractivity contribution in [3.05, 3.63) is 28.3 Å². The van der Waals surface area contributed by atoms with Gasteiger partial charge in [-0.25, -0.2) is 0 Å². The highest BCUT2D eigenvalue weighted by Gasteiger charge is 2.25. The fourth-order valence-corrected chi connectivity index (χ4v) is 1.51. The van der Waals surface area contributed by atoms with Gasteiger partial charge in [-0.05, 0) is 26.3 Å². The van der Waals surface area contributed by atoms with Crippen LogP contribution in [0.25, 0.3) is 0 Å². The highest BCUT2D eigenvalue weighted by atomic mass is 16.6. The number of primary amides is 1. The third-order valence-electron chi connectivity index (χ3n) is 3.02. The number of anilines is 1. The van der Waals surface area contributed by atoms with E-state index in [1.807, 2.05) is 6.92 Å². The summed E-state index contributed by atoms with van der Waals surface area (Å²) in [6, 6.07) is 4.52. The summed E-state index contributed by atoms with van der Waals surface area (Å²) >= 11 is 0. The van der Waals surface area contributed by atoms with E-state index in [9.17, 15) is 14.9 Å². The predicted octanol–water partition coefficient (Wildman–Crippen LogP) is 2.31. The Morgan fingerprint density at radius 1 is 1.48 bits per heavy atom. The van der Waals surface area contributed by atoms with Crippen molar-refractivity contribution in [2.45, 2.75) is 27.2 Å². The van der Waals surface area contributed by atoms with Gasteiger partial charge in [-0.15, -0.1) is 0 Å². The van der Waals surface area contributed by atoms with Gasteiger partial charge in [-0.3, -0.25) is 14.9 Å². The average Bonchev–Trinajstić information content (AvgIpc) is 2.42. The zero-order valence-corrected chi connectivity index (χ0v) is 12.5. The van der Waals surface area contributed by atoms with E-state index in [0.717, 1.165) is 6.42 Å². The lowest BCUT2D eigenvalue weighted by molar-refractivity contribution is -0.385. The van der Waals surface area contributed by atoms with Crippen LogP contribution >= 0.6 is 0 Å². The van der Waals surface area contributed by atoms with E-state index in [1.165, 1.54) is 6.07 Å². The summed E-state index contributed by atoms with van der Waals surface area (Å²) in [6.07, 6.45) is 0.753. The Hall–Kier alpha value is -2.31. The molecule has 0 unspecified atom stereocenters. The molecule has 21 heavy (non-hydrogen) atoms. The van der Waals surface area contributed by atoms with Gasteiger partial charge in [0.2, 0.25) is 5.91 Å². The summed E-state index contributed by atoms with van der Waals surface area (Å²) < 4.78 is 5.39. The van der Waals surface area contributed by atoms with Crippen molar-refractivity contribution in [1.82, 2.24) is 0 Å². The number of nitrogens with zero attached hydrogens (tertiary/aromatic N) is 1. The lowest BCUT2D eigenvalue weighted by atomic mass is 9.92. The summed E-state index contributed by atoms with van der Waals surface area (Å²) in [5.74, 6) is -0.205. The molecule has 0 aromatic heterocycles. The molecular weight excluding hydrogens is 274 g/mol. The molecule has 0 saturated heterocycles. The standard InChI is InChI=1S/C14H21N3O4/c1-4-7-21-12-8-10(5-6-11(12)17(19)20)16-9-14(2,3)13(15)18/h5-6,8,16H,4,7,9H2,1-3H3,(H2,15,18). The molecule has 0 aliphatic heterocycles. The normalized spacial score (nSPS) is 11.0. The SMILES string of the molecule is CCCOc1cc(NCC(C)(C)C(N)=O)ccc1[N+](=O)[O-]. The number of benzene rings is 1. The van der Waals surface area contributed by atoms with Gasteiger partial charge in [0, 0.05) is 24.4 Å². The Bertz CT molecular complexity index is 529. The van der Waals surface area contributed by atoms with Crippen molar-refractivity contribution in [2.24, 2.45) is 11.1 Å². The molecule has 0 aliphatic carbocycles. The molecule has 7 heteroatoms. The number of nitro benzene ring substituents is 1. The molecule has 0 radical (unpaired) electrons. The van der Waals surface area contributed by atoms with Crippen LogP contribution in [0.1, 0.15) is 27.2 Å². The highest BCUT2D eigenvalue weighted by molar-refractivity contribution is 5.80. The third-order valence-corrected chi connectivity index (χ3v) is 3.02. The Kier molecular flexibility index (Phi) is 5.52. The quantitative estimate of drug-likeness (QED) is 0.565. The van der Waals surface area contributed by atoms with E-state index < -0.39 is 16.2 Å². The number of hydrogen-bond acceptors (Lipinski definition) is 5. The van der Waals surface area contributed by atoms with Gasteiger partial charge in [0.1, 0.15) is 0 Å². The highest BCUT2D eigenvalue weighted by Crippen LogP contribution is 2.30. The van der Waals surface area contributed by atoms with Crippen molar-refractivity contribution in [3.63, 3.8) is 0 Å². The van der Waals surface area contributed by atoms with Crippen LogP contribution in [0.15, 0.2) is 18.2 Å². The van der Waals surface area contributed by atoms with Gasteiger partial charge < -0.3 is 15.8 Å². The summed E-state index contributed by atoms with van der Waals surface area (Å²) in [7, 11) is 0. The Morgan fingerprint density at radius 2 is 2.14 bits per heavy atom. The maximum Gasteiger partial charge on any atom is 0.311 e. The molecular formula is C14H21N3O4. The van der Waals surface area contributed by atoms with Crippen LogP contribution in [0.4, 0.5) is 11.4 Å². The van der Waals surface area contributed by atoms with Crippen LogP contribution in [0.2, 0.25) is 0 Å². The second kappa shape index (κ2) is 6.92. The van der Waals surface area contributed by atoms with Crippen molar-refractivity contribution < 1.29 is 14.5 Å². The van der Waals surface area contributed by atoms with E-state index in [2.05, 4.69) is 5.32 Å². The predicted molar refractivity (Wildman–Crippen MR) is 80.3 cm³/mol. The van der Waals surface area contributed by atoms with Crippen molar-refractivity contribution in [3.8, 4) is 5.75 Å². The number of nitrogens with two attached hydrogens (primary N) is 1. The van der Waals surface area contributed by atoms with Crippen molar-refractivity contribution >= 4 is 17.3 Å². The van der Waals surface area contributed by atoms with Gasteiger partial charge in [-0.2, -0.15) is 0 Å². The largest absolute Gasteiger partial charge is 0.487 e. The first-order valence-corrected chi connectivity index (χ1v) is 6.73. The molecule has 0 bridgehead atoms. The average molecular weight is 295 g/mol. The number of amides is 1. The van der Waals surface area contributed by atoms with Gasteiger partial charge in [0.15, 0.2) is 5.75 Å². The van der Waals surface area contributed by atoms with E-state index in [-0.39, 0.29) is 11.4 Å². The van der Waals surface area contributed by atoms with Crippen LogP contribution in [0.5, 0.6) is 5.75 Å². The molecule has 0 fully saturated rings. The first-order valence-electron chi connectivity index (χ1n) is 6.73. The smallest absolute Gasteiger partial charge is 0.311 e. The lowest BCUT2D eigenvalue weighted by Crippen LogP contribution is -2.37. The number of nitrogens with one attached hydrogen (secondary N) is 1. The fraction of sp³-hybridized carbons (Fsp3) is 0.500. The second-order valence-electron chi connectivity index (χ2n) is 5.39. The molecule has 3 N–H and O–H groups in total. The lowest BCUT2D eigenvalue weighted by Gasteiger charge is -2.21. The summed E-state index contributed by atoms with van der Waals surface area (Å²) in [4.78, 5) is 21.7. The molecule has 0 spiro atoms. The minimum Gasteiger partial charge on any atom is -0.487 e. The molecule has 7 nitrogen and oxygen atoms in total. The number of nitro groups is 1. The van der Waals surface area contributed by atoms with E-state index >= 15 is 0 Å². The molecule has 116 valence electrons. The number of carbonyl (C=O) groups is 1. The maximum absolute atomic E-state index is 11.3. The first kappa shape index (κ1) is 16.7. The summed E-state index contributed by atoms with van der Waals surface area (Å²) in [5, 5.41) is 14.0. The van der Waals surface area contributed by atoms with Crippen LogP contribution in [0, 0.1) is 15.5 Å². The zero-order chi connectivity index (χ0) is 16.0.